The molecule has 0 radical (unpaired) electrons. The number of nitrogens with zero attached hydrogens (tertiary/aromatic N) is 1. The summed E-state index contributed by atoms with van der Waals surface area (Å²) in [5.74, 6) is 0.845. The van der Waals surface area contributed by atoms with Gasteiger partial charge in [-0.05, 0) is 80.9 Å². The first kappa shape index (κ1) is 17.4. The van der Waals surface area contributed by atoms with E-state index in [1.54, 1.807) is 6.07 Å². The Labute approximate surface area is 149 Å². The predicted molar refractivity (Wildman–Crippen MR) is 98.6 cm³/mol. The molecule has 1 aliphatic heterocycles. The number of hydrogen-bond donors (Lipinski definition) is 1. The highest BCUT2D eigenvalue weighted by Gasteiger charge is 2.37. The van der Waals surface area contributed by atoms with E-state index in [-0.39, 0.29) is 0 Å². The minimum atomic E-state index is 0.346. The molecule has 2 fully saturated rings. The summed E-state index contributed by atoms with van der Waals surface area (Å²) in [7, 11) is 0. The van der Waals surface area contributed by atoms with Gasteiger partial charge in [-0.1, -0.05) is 23.2 Å². The lowest BCUT2D eigenvalue weighted by Crippen LogP contribution is -2.42. The molecule has 1 saturated heterocycles. The molecule has 0 amide bonds. The number of anilines is 1. The van der Waals surface area contributed by atoms with Crippen LogP contribution in [0.4, 0.5) is 5.69 Å². The SMILES string of the molecule is OCCCC1CCC2(CC1)CCN(c1cc(Cl)cc(Cl)c1)CC2. The van der Waals surface area contributed by atoms with Gasteiger partial charge in [-0.15, -0.1) is 0 Å². The first-order valence-corrected chi connectivity index (χ1v) is 9.68. The van der Waals surface area contributed by atoms with Crippen LogP contribution in [-0.4, -0.2) is 24.8 Å². The average molecular weight is 356 g/mol. The molecule has 1 saturated carbocycles. The average Bonchev–Trinajstić information content (AvgIpc) is 2.54. The Hall–Kier alpha value is -0.440. The van der Waals surface area contributed by atoms with Crippen LogP contribution < -0.4 is 4.90 Å². The number of rotatable bonds is 4. The maximum absolute atomic E-state index is 8.99. The standard InChI is InChI=1S/C19H27Cl2NO/c20-16-12-17(21)14-18(13-16)22-9-7-19(8-10-22)5-3-15(4-6-19)2-1-11-23/h12-15,23H,1-11H2. The van der Waals surface area contributed by atoms with Gasteiger partial charge >= 0.3 is 0 Å². The van der Waals surface area contributed by atoms with Crippen LogP contribution in [0.1, 0.15) is 51.4 Å². The highest BCUT2D eigenvalue weighted by molar-refractivity contribution is 6.35. The van der Waals surface area contributed by atoms with Gasteiger partial charge in [-0.2, -0.15) is 0 Å². The number of halogens is 2. The van der Waals surface area contributed by atoms with Gasteiger partial charge in [0.25, 0.3) is 0 Å². The van der Waals surface area contributed by atoms with Crippen molar-refractivity contribution in [2.45, 2.75) is 51.4 Å². The molecule has 1 N–H and O–H groups in total. The third-order valence-electron chi connectivity index (χ3n) is 5.97. The molecule has 2 nitrogen and oxygen atoms in total. The highest BCUT2D eigenvalue weighted by atomic mass is 35.5. The van der Waals surface area contributed by atoms with Crippen molar-refractivity contribution in [3.8, 4) is 0 Å². The summed E-state index contributed by atoms with van der Waals surface area (Å²) in [6.45, 7) is 2.56. The fourth-order valence-corrected chi connectivity index (χ4v) is 4.93. The Morgan fingerprint density at radius 2 is 1.61 bits per heavy atom. The quantitative estimate of drug-likeness (QED) is 0.765. The third kappa shape index (κ3) is 4.35. The van der Waals surface area contributed by atoms with Crippen LogP contribution in [0, 0.1) is 11.3 Å². The van der Waals surface area contributed by atoms with Gasteiger partial charge in [0.05, 0.1) is 0 Å². The van der Waals surface area contributed by atoms with Gasteiger partial charge in [0.1, 0.15) is 0 Å². The molecule has 3 rings (SSSR count). The number of aliphatic hydroxyl groups excluding tert-OH is 1. The fraction of sp³-hybridized carbons (Fsp3) is 0.684. The summed E-state index contributed by atoms with van der Waals surface area (Å²) in [4.78, 5) is 2.43. The van der Waals surface area contributed by atoms with Gasteiger partial charge in [0.15, 0.2) is 0 Å². The van der Waals surface area contributed by atoms with Crippen molar-refractivity contribution in [3.63, 3.8) is 0 Å². The van der Waals surface area contributed by atoms with E-state index >= 15 is 0 Å². The van der Waals surface area contributed by atoms with E-state index in [0.717, 1.165) is 41.2 Å². The van der Waals surface area contributed by atoms with Crippen LogP contribution >= 0.6 is 23.2 Å². The van der Waals surface area contributed by atoms with Crippen molar-refractivity contribution in [3.05, 3.63) is 28.2 Å². The van der Waals surface area contributed by atoms with Crippen LogP contribution in [0.15, 0.2) is 18.2 Å². The number of piperidine rings is 1. The summed E-state index contributed by atoms with van der Waals surface area (Å²) in [5, 5.41) is 10.4. The second kappa shape index (κ2) is 7.63. The molecule has 1 aliphatic carbocycles. The maximum Gasteiger partial charge on any atom is 0.0441 e. The number of benzene rings is 1. The topological polar surface area (TPSA) is 23.5 Å². The molecule has 0 aromatic heterocycles. The zero-order valence-corrected chi connectivity index (χ0v) is 15.2. The van der Waals surface area contributed by atoms with Gasteiger partial charge in [0, 0.05) is 35.4 Å². The van der Waals surface area contributed by atoms with Crippen LogP contribution in [-0.2, 0) is 0 Å². The summed E-state index contributed by atoms with van der Waals surface area (Å²) in [6.07, 6.45) is 10.2. The van der Waals surface area contributed by atoms with Crippen LogP contribution in [0.5, 0.6) is 0 Å². The lowest BCUT2D eigenvalue weighted by atomic mass is 9.65. The Bertz CT molecular complexity index is 496. The van der Waals surface area contributed by atoms with Crippen molar-refractivity contribution in [1.82, 2.24) is 0 Å². The Morgan fingerprint density at radius 1 is 1.00 bits per heavy atom. The molecule has 4 heteroatoms. The molecular formula is C19H27Cl2NO. The lowest BCUT2D eigenvalue weighted by Gasteiger charge is -2.46. The van der Waals surface area contributed by atoms with Crippen molar-refractivity contribution >= 4 is 28.9 Å². The predicted octanol–water partition coefficient (Wildman–Crippen LogP) is 5.54. The zero-order chi connectivity index (χ0) is 16.3. The first-order chi connectivity index (χ1) is 11.1. The van der Waals surface area contributed by atoms with E-state index < -0.39 is 0 Å². The van der Waals surface area contributed by atoms with Crippen LogP contribution in [0.2, 0.25) is 10.0 Å². The highest BCUT2D eigenvalue weighted by Crippen LogP contribution is 2.47. The molecular weight excluding hydrogens is 329 g/mol. The fourth-order valence-electron chi connectivity index (χ4n) is 4.42. The van der Waals surface area contributed by atoms with Crippen molar-refractivity contribution in [1.29, 1.82) is 0 Å². The molecule has 0 atom stereocenters. The zero-order valence-electron chi connectivity index (χ0n) is 13.7. The van der Waals surface area contributed by atoms with Crippen LogP contribution in [0.3, 0.4) is 0 Å². The second-order valence-electron chi connectivity index (χ2n) is 7.42. The van der Waals surface area contributed by atoms with Crippen molar-refractivity contribution in [2.24, 2.45) is 11.3 Å². The van der Waals surface area contributed by atoms with E-state index in [1.165, 1.54) is 44.9 Å². The molecule has 23 heavy (non-hydrogen) atoms. The van der Waals surface area contributed by atoms with Gasteiger partial charge in [-0.25, -0.2) is 0 Å². The summed E-state index contributed by atoms with van der Waals surface area (Å²) >= 11 is 12.3. The maximum atomic E-state index is 8.99. The minimum absolute atomic E-state index is 0.346. The van der Waals surface area contributed by atoms with E-state index in [2.05, 4.69) is 4.90 Å². The van der Waals surface area contributed by atoms with Crippen molar-refractivity contribution < 1.29 is 5.11 Å². The largest absolute Gasteiger partial charge is 0.396 e. The molecule has 1 heterocycles. The molecule has 1 aromatic rings. The van der Waals surface area contributed by atoms with E-state index in [9.17, 15) is 0 Å². The lowest BCUT2D eigenvalue weighted by molar-refractivity contribution is 0.107. The summed E-state index contributed by atoms with van der Waals surface area (Å²) in [6, 6.07) is 5.85. The van der Waals surface area contributed by atoms with Gasteiger partial charge < -0.3 is 10.0 Å². The third-order valence-corrected chi connectivity index (χ3v) is 6.41. The van der Waals surface area contributed by atoms with E-state index in [1.807, 2.05) is 12.1 Å². The summed E-state index contributed by atoms with van der Waals surface area (Å²) in [5.41, 5.74) is 1.73. The number of hydrogen-bond acceptors (Lipinski definition) is 2. The van der Waals surface area contributed by atoms with Crippen LogP contribution in [0.25, 0.3) is 0 Å². The molecule has 0 unspecified atom stereocenters. The van der Waals surface area contributed by atoms with Gasteiger partial charge in [0.2, 0.25) is 0 Å². The van der Waals surface area contributed by atoms with E-state index in [0.29, 0.717) is 12.0 Å². The number of aliphatic hydroxyl groups is 1. The summed E-state index contributed by atoms with van der Waals surface area (Å²) < 4.78 is 0. The molecule has 128 valence electrons. The monoisotopic (exact) mass is 355 g/mol. The minimum Gasteiger partial charge on any atom is -0.396 e. The molecule has 1 aromatic carbocycles. The normalized spacial score (nSPS) is 21.8. The smallest absolute Gasteiger partial charge is 0.0441 e. The Kier molecular flexibility index (Phi) is 5.77. The molecule has 2 aliphatic rings. The van der Waals surface area contributed by atoms with Gasteiger partial charge in [-0.3, -0.25) is 0 Å². The molecule has 0 bridgehead atoms. The Morgan fingerprint density at radius 3 is 2.17 bits per heavy atom. The molecule has 1 spiro atoms. The van der Waals surface area contributed by atoms with Crippen molar-refractivity contribution in [2.75, 3.05) is 24.6 Å². The first-order valence-electron chi connectivity index (χ1n) is 8.92. The second-order valence-corrected chi connectivity index (χ2v) is 8.30. The van der Waals surface area contributed by atoms with E-state index in [4.69, 9.17) is 28.3 Å². The Balaban J connectivity index is 1.54.